The zero-order valence-electron chi connectivity index (χ0n) is 11.5. The van der Waals surface area contributed by atoms with Gasteiger partial charge in [-0.15, -0.1) is 12.4 Å². The summed E-state index contributed by atoms with van der Waals surface area (Å²) in [6, 6.07) is 7.50. The van der Waals surface area contributed by atoms with Gasteiger partial charge in [-0.3, -0.25) is 4.90 Å². The number of halogens is 3. The first-order chi connectivity index (χ1) is 9.16. The molecule has 1 fully saturated rings. The number of alkyl halides is 2. The maximum atomic E-state index is 12.3. The zero-order chi connectivity index (χ0) is 13.7. The molecular weight excluding hydrogens is 286 g/mol. The van der Waals surface area contributed by atoms with Crippen molar-refractivity contribution >= 4 is 12.4 Å². The molecule has 0 saturated carbocycles. The van der Waals surface area contributed by atoms with Gasteiger partial charge >= 0.3 is 6.61 Å². The molecule has 0 aliphatic carbocycles. The third-order valence-corrected chi connectivity index (χ3v) is 3.54. The van der Waals surface area contributed by atoms with E-state index in [4.69, 9.17) is 0 Å². The van der Waals surface area contributed by atoms with Crippen LogP contribution in [0.15, 0.2) is 24.3 Å². The fourth-order valence-electron chi connectivity index (χ4n) is 2.49. The summed E-state index contributed by atoms with van der Waals surface area (Å²) in [4.78, 5) is 2.22. The molecule has 0 atom stereocenters. The molecule has 0 unspecified atom stereocenters. The number of para-hydroxylation sites is 1. The highest BCUT2D eigenvalue weighted by atomic mass is 35.5. The smallest absolute Gasteiger partial charge is 0.387 e. The molecule has 3 nitrogen and oxygen atoms in total. The van der Waals surface area contributed by atoms with Gasteiger partial charge in [-0.25, -0.2) is 0 Å². The summed E-state index contributed by atoms with van der Waals surface area (Å²) in [5, 5.41) is 3.32. The summed E-state index contributed by atoms with van der Waals surface area (Å²) in [5.74, 6) is 0.276. The first-order valence-electron chi connectivity index (χ1n) is 6.60. The molecule has 0 radical (unpaired) electrons. The fourth-order valence-corrected chi connectivity index (χ4v) is 2.49. The molecule has 1 aromatic carbocycles. The first kappa shape index (κ1) is 17.1. The van der Waals surface area contributed by atoms with E-state index in [0.717, 1.165) is 31.5 Å². The second-order valence-electron chi connectivity index (χ2n) is 4.88. The third-order valence-electron chi connectivity index (χ3n) is 3.54. The summed E-state index contributed by atoms with van der Waals surface area (Å²) >= 11 is 0. The Kier molecular flexibility index (Phi) is 7.19. The Morgan fingerprint density at radius 1 is 1.30 bits per heavy atom. The lowest BCUT2D eigenvalue weighted by Crippen LogP contribution is -2.40. The van der Waals surface area contributed by atoms with Crippen molar-refractivity contribution in [1.82, 2.24) is 10.2 Å². The molecule has 6 heteroatoms. The van der Waals surface area contributed by atoms with Crippen LogP contribution in [0.2, 0.25) is 0 Å². The minimum Gasteiger partial charge on any atom is -0.434 e. The van der Waals surface area contributed by atoms with Gasteiger partial charge < -0.3 is 10.1 Å². The molecule has 0 amide bonds. The lowest BCUT2D eigenvalue weighted by Gasteiger charge is -2.32. The van der Waals surface area contributed by atoms with E-state index in [1.807, 2.05) is 19.2 Å². The highest BCUT2D eigenvalue weighted by Gasteiger charge is 2.19. The number of nitrogens with zero attached hydrogens (tertiary/aromatic N) is 1. The van der Waals surface area contributed by atoms with Crippen molar-refractivity contribution in [2.45, 2.75) is 32.0 Å². The molecule has 1 aromatic rings. The van der Waals surface area contributed by atoms with Crippen LogP contribution in [0.5, 0.6) is 5.75 Å². The lowest BCUT2D eigenvalue weighted by molar-refractivity contribution is -0.0508. The van der Waals surface area contributed by atoms with E-state index in [-0.39, 0.29) is 18.2 Å². The van der Waals surface area contributed by atoms with Gasteiger partial charge in [0.2, 0.25) is 0 Å². The van der Waals surface area contributed by atoms with Crippen LogP contribution in [0.4, 0.5) is 8.78 Å². The number of piperidine rings is 1. The van der Waals surface area contributed by atoms with E-state index in [1.54, 1.807) is 12.1 Å². The van der Waals surface area contributed by atoms with Gasteiger partial charge in [0.25, 0.3) is 0 Å². The van der Waals surface area contributed by atoms with Gasteiger partial charge in [-0.2, -0.15) is 8.78 Å². The largest absolute Gasteiger partial charge is 0.434 e. The second kappa shape index (κ2) is 8.39. The first-order valence-corrected chi connectivity index (χ1v) is 6.60. The fraction of sp³-hybridized carbons (Fsp3) is 0.571. The Hall–Kier alpha value is -0.910. The highest BCUT2D eigenvalue weighted by Crippen LogP contribution is 2.23. The Bertz CT molecular complexity index is 401. The Morgan fingerprint density at radius 2 is 1.95 bits per heavy atom. The number of nitrogens with one attached hydrogen (secondary N) is 1. The number of hydrogen-bond acceptors (Lipinski definition) is 3. The summed E-state index contributed by atoms with van der Waals surface area (Å²) in [7, 11) is 2.04. The number of benzene rings is 1. The van der Waals surface area contributed by atoms with E-state index in [1.165, 1.54) is 0 Å². The molecule has 1 aliphatic heterocycles. The van der Waals surface area contributed by atoms with Crippen LogP contribution in [-0.4, -0.2) is 37.7 Å². The maximum Gasteiger partial charge on any atom is 0.387 e. The van der Waals surface area contributed by atoms with E-state index in [0.29, 0.717) is 12.6 Å². The zero-order valence-corrected chi connectivity index (χ0v) is 12.3. The van der Waals surface area contributed by atoms with Crippen LogP contribution in [-0.2, 0) is 6.54 Å². The van der Waals surface area contributed by atoms with Crippen molar-refractivity contribution in [2.75, 3.05) is 20.1 Å². The van der Waals surface area contributed by atoms with Crippen LogP contribution >= 0.6 is 12.4 Å². The highest BCUT2D eigenvalue weighted by molar-refractivity contribution is 5.85. The SMILES string of the molecule is CN(Cc1ccccc1OC(F)F)C1CCNCC1.Cl. The van der Waals surface area contributed by atoms with Crippen molar-refractivity contribution in [3.63, 3.8) is 0 Å². The van der Waals surface area contributed by atoms with Crippen LogP contribution in [0.3, 0.4) is 0 Å². The van der Waals surface area contributed by atoms with Crippen LogP contribution in [0.25, 0.3) is 0 Å². The number of hydrogen-bond donors (Lipinski definition) is 1. The molecule has 1 heterocycles. The molecule has 2 rings (SSSR count). The molecule has 1 aliphatic rings. The Balaban J connectivity index is 0.00000200. The predicted octanol–water partition coefficient (Wildman–Crippen LogP) is 2.89. The molecular formula is C14H21ClF2N2O. The minimum atomic E-state index is -2.77. The number of ether oxygens (including phenoxy) is 1. The van der Waals surface area contributed by atoms with E-state index in [2.05, 4.69) is 15.0 Å². The Labute approximate surface area is 124 Å². The number of rotatable bonds is 5. The maximum absolute atomic E-state index is 12.3. The summed E-state index contributed by atoms with van der Waals surface area (Å²) in [5.41, 5.74) is 0.809. The van der Waals surface area contributed by atoms with Crippen LogP contribution in [0.1, 0.15) is 18.4 Å². The topological polar surface area (TPSA) is 24.5 Å². The van der Waals surface area contributed by atoms with E-state index in [9.17, 15) is 8.78 Å². The van der Waals surface area contributed by atoms with Crippen molar-refractivity contribution in [3.05, 3.63) is 29.8 Å². The standard InChI is InChI=1S/C14H20F2N2O.ClH/c1-18(12-6-8-17-9-7-12)10-11-4-2-3-5-13(11)19-14(15)16;/h2-5,12,14,17H,6-10H2,1H3;1H. The van der Waals surface area contributed by atoms with Gasteiger partial charge in [-0.05, 0) is 39.0 Å². The van der Waals surface area contributed by atoms with Crippen LogP contribution in [0, 0.1) is 0 Å². The molecule has 114 valence electrons. The summed E-state index contributed by atoms with van der Waals surface area (Å²) in [6.07, 6.45) is 2.18. The van der Waals surface area contributed by atoms with Gasteiger partial charge in [0, 0.05) is 18.2 Å². The summed E-state index contributed by atoms with van der Waals surface area (Å²) in [6.45, 7) is -0.104. The van der Waals surface area contributed by atoms with E-state index >= 15 is 0 Å². The van der Waals surface area contributed by atoms with Crippen molar-refractivity contribution in [2.24, 2.45) is 0 Å². The minimum absolute atomic E-state index is 0. The summed E-state index contributed by atoms with van der Waals surface area (Å²) < 4.78 is 29.3. The van der Waals surface area contributed by atoms with Crippen molar-refractivity contribution < 1.29 is 13.5 Å². The average Bonchev–Trinajstić information content (AvgIpc) is 2.41. The van der Waals surface area contributed by atoms with Crippen LogP contribution < -0.4 is 10.1 Å². The molecule has 20 heavy (non-hydrogen) atoms. The average molecular weight is 307 g/mol. The van der Waals surface area contributed by atoms with Crippen molar-refractivity contribution in [1.29, 1.82) is 0 Å². The lowest BCUT2D eigenvalue weighted by atomic mass is 10.0. The molecule has 0 aromatic heterocycles. The molecule has 1 N–H and O–H groups in total. The third kappa shape index (κ3) is 4.89. The second-order valence-corrected chi connectivity index (χ2v) is 4.88. The molecule has 1 saturated heterocycles. The normalized spacial score (nSPS) is 16.2. The predicted molar refractivity (Wildman–Crippen MR) is 77.7 cm³/mol. The quantitative estimate of drug-likeness (QED) is 0.905. The van der Waals surface area contributed by atoms with Crippen molar-refractivity contribution in [3.8, 4) is 5.75 Å². The van der Waals surface area contributed by atoms with Gasteiger partial charge in [0.05, 0.1) is 0 Å². The van der Waals surface area contributed by atoms with Gasteiger partial charge in [0.15, 0.2) is 0 Å². The monoisotopic (exact) mass is 306 g/mol. The van der Waals surface area contributed by atoms with Gasteiger partial charge in [0.1, 0.15) is 5.75 Å². The Morgan fingerprint density at radius 3 is 2.60 bits per heavy atom. The van der Waals surface area contributed by atoms with E-state index < -0.39 is 6.61 Å². The van der Waals surface area contributed by atoms with Gasteiger partial charge in [-0.1, -0.05) is 18.2 Å². The molecule has 0 spiro atoms. The molecule has 0 bridgehead atoms.